The highest BCUT2D eigenvalue weighted by atomic mass is 16.2. The molecular weight excluding hydrogens is 290 g/mol. The third-order valence-electron chi connectivity index (χ3n) is 3.60. The van der Waals surface area contributed by atoms with Gasteiger partial charge in [0.1, 0.15) is 0 Å². The molecular formula is C18H11N3O2. The van der Waals surface area contributed by atoms with E-state index in [1.807, 2.05) is 0 Å². The van der Waals surface area contributed by atoms with Gasteiger partial charge in [0.05, 0.1) is 28.2 Å². The van der Waals surface area contributed by atoms with Crippen molar-refractivity contribution in [2.45, 2.75) is 0 Å². The van der Waals surface area contributed by atoms with Crippen molar-refractivity contribution in [2.75, 3.05) is 16.4 Å². The number of carbonyl (C=O) groups excluding carboxylic acids is 2. The molecule has 1 aliphatic heterocycles. The minimum absolute atomic E-state index is 0.204. The molecule has 0 unspecified atom stereocenters. The normalized spacial score (nSPS) is 12.7. The van der Waals surface area contributed by atoms with Gasteiger partial charge in [-0.1, -0.05) is 11.8 Å². The number of anilines is 3. The van der Waals surface area contributed by atoms with E-state index in [1.54, 1.807) is 18.2 Å². The first-order valence-electron chi connectivity index (χ1n) is 6.62. The van der Waals surface area contributed by atoms with Crippen LogP contribution in [0.25, 0.3) is 0 Å². The van der Waals surface area contributed by atoms with Crippen LogP contribution in [0.3, 0.4) is 0 Å². The second kappa shape index (κ2) is 4.94. The summed E-state index contributed by atoms with van der Waals surface area (Å²) in [5.41, 5.74) is 13.6. The topological polar surface area (TPSA) is 89.4 Å². The summed E-state index contributed by atoms with van der Waals surface area (Å²) in [6.07, 6.45) is 10.8. The lowest BCUT2D eigenvalue weighted by Gasteiger charge is -2.14. The van der Waals surface area contributed by atoms with Crippen LogP contribution in [0.15, 0.2) is 30.3 Å². The molecule has 4 N–H and O–H groups in total. The highest BCUT2D eigenvalue weighted by Gasteiger charge is 2.37. The summed E-state index contributed by atoms with van der Waals surface area (Å²) in [5, 5.41) is 0. The van der Waals surface area contributed by atoms with Gasteiger partial charge in [0.2, 0.25) is 0 Å². The maximum atomic E-state index is 12.6. The Balaban J connectivity index is 2.17. The summed E-state index contributed by atoms with van der Waals surface area (Å²) in [7, 11) is 0. The molecule has 1 aliphatic rings. The number of hydrogen-bond acceptors (Lipinski definition) is 4. The maximum Gasteiger partial charge on any atom is 0.266 e. The number of nitrogen functional groups attached to an aromatic ring is 2. The average molecular weight is 301 g/mol. The molecule has 0 aromatic heterocycles. The molecule has 5 heteroatoms. The average Bonchev–Trinajstić information content (AvgIpc) is 2.78. The van der Waals surface area contributed by atoms with Gasteiger partial charge in [-0.25, -0.2) is 4.90 Å². The highest BCUT2D eigenvalue weighted by molar-refractivity contribution is 6.35. The molecule has 2 aromatic rings. The van der Waals surface area contributed by atoms with Crippen LogP contribution in [0.1, 0.15) is 31.8 Å². The van der Waals surface area contributed by atoms with Crippen molar-refractivity contribution in [1.82, 2.24) is 0 Å². The van der Waals surface area contributed by atoms with Gasteiger partial charge in [-0.05, 0) is 30.3 Å². The summed E-state index contributed by atoms with van der Waals surface area (Å²) in [6.45, 7) is 0. The zero-order valence-electron chi connectivity index (χ0n) is 12.0. The largest absolute Gasteiger partial charge is 0.397 e. The quantitative estimate of drug-likeness (QED) is 0.476. The van der Waals surface area contributed by atoms with Gasteiger partial charge in [-0.3, -0.25) is 9.59 Å². The molecule has 1 heterocycles. The molecule has 0 atom stereocenters. The number of benzene rings is 2. The van der Waals surface area contributed by atoms with Crippen molar-refractivity contribution < 1.29 is 9.59 Å². The Morgan fingerprint density at radius 1 is 0.783 bits per heavy atom. The lowest BCUT2D eigenvalue weighted by molar-refractivity contribution is 0.0926. The maximum absolute atomic E-state index is 12.6. The monoisotopic (exact) mass is 301 g/mol. The van der Waals surface area contributed by atoms with Gasteiger partial charge in [0.15, 0.2) is 0 Å². The second-order valence-electron chi connectivity index (χ2n) is 5.03. The Kier molecular flexibility index (Phi) is 3.06. The fourth-order valence-electron chi connectivity index (χ4n) is 2.46. The van der Waals surface area contributed by atoms with Crippen LogP contribution in [-0.4, -0.2) is 11.8 Å². The van der Waals surface area contributed by atoms with E-state index in [2.05, 4.69) is 11.8 Å². The van der Waals surface area contributed by atoms with E-state index >= 15 is 0 Å². The molecule has 23 heavy (non-hydrogen) atoms. The number of imide groups is 1. The smallest absolute Gasteiger partial charge is 0.266 e. The van der Waals surface area contributed by atoms with Crippen LogP contribution in [0.2, 0.25) is 0 Å². The molecule has 0 spiro atoms. The van der Waals surface area contributed by atoms with Gasteiger partial charge in [-0.2, -0.15) is 0 Å². The number of carbonyl (C=O) groups is 2. The summed E-state index contributed by atoms with van der Waals surface area (Å²) in [4.78, 5) is 26.2. The first kappa shape index (κ1) is 14.2. The first-order valence-corrected chi connectivity index (χ1v) is 6.62. The Labute approximate surface area is 132 Å². The lowest BCUT2D eigenvalue weighted by Crippen LogP contribution is -2.29. The molecule has 5 nitrogen and oxygen atoms in total. The number of fused-ring (bicyclic) bond motifs is 1. The van der Waals surface area contributed by atoms with Crippen molar-refractivity contribution in [3.05, 3.63) is 52.6 Å². The second-order valence-corrected chi connectivity index (χ2v) is 5.03. The first-order chi connectivity index (χ1) is 11.0. The molecule has 0 bridgehead atoms. The zero-order valence-corrected chi connectivity index (χ0v) is 12.0. The van der Waals surface area contributed by atoms with Crippen LogP contribution in [0.5, 0.6) is 0 Å². The van der Waals surface area contributed by atoms with Crippen LogP contribution in [0, 0.1) is 24.7 Å². The van der Waals surface area contributed by atoms with E-state index in [1.165, 1.54) is 12.1 Å². The molecule has 0 radical (unpaired) electrons. The van der Waals surface area contributed by atoms with Crippen molar-refractivity contribution in [2.24, 2.45) is 0 Å². The zero-order chi connectivity index (χ0) is 16.7. The van der Waals surface area contributed by atoms with Gasteiger partial charge < -0.3 is 11.5 Å². The molecule has 0 saturated heterocycles. The standard InChI is InChI=1S/C18H11N3O2/c1-3-10-5-11(4-2)7-12(6-10)21-17(22)13-8-15(19)16(20)9-14(13)18(21)23/h1-2,5-9H,19-20H2. The van der Waals surface area contributed by atoms with Gasteiger partial charge in [0, 0.05) is 11.1 Å². The Bertz CT molecular complexity index is 888. The number of nitrogens with two attached hydrogens (primary N) is 2. The van der Waals surface area contributed by atoms with Gasteiger partial charge in [0.25, 0.3) is 11.8 Å². The summed E-state index contributed by atoms with van der Waals surface area (Å²) in [6, 6.07) is 7.53. The molecule has 0 saturated carbocycles. The molecule has 0 fully saturated rings. The number of amides is 2. The minimum atomic E-state index is -0.492. The van der Waals surface area contributed by atoms with Crippen LogP contribution in [-0.2, 0) is 0 Å². The van der Waals surface area contributed by atoms with Crippen molar-refractivity contribution in [3.63, 3.8) is 0 Å². The van der Waals surface area contributed by atoms with E-state index in [4.69, 9.17) is 24.3 Å². The highest BCUT2D eigenvalue weighted by Crippen LogP contribution is 2.32. The minimum Gasteiger partial charge on any atom is -0.397 e. The van der Waals surface area contributed by atoms with Crippen molar-refractivity contribution in [1.29, 1.82) is 0 Å². The summed E-state index contributed by atoms with van der Waals surface area (Å²) in [5.74, 6) is 3.92. The van der Waals surface area contributed by atoms with E-state index in [9.17, 15) is 9.59 Å². The number of hydrogen-bond donors (Lipinski definition) is 2. The van der Waals surface area contributed by atoms with E-state index in [0.29, 0.717) is 16.8 Å². The third-order valence-corrected chi connectivity index (χ3v) is 3.60. The van der Waals surface area contributed by atoms with E-state index in [0.717, 1.165) is 4.90 Å². The van der Waals surface area contributed by atoms with Gasteiger partial charge >= 0.3 is 0 Å². The summed E-state index contributed by atoms with van der Waals surface area (Å²) >= 11 is 0. The lowest BCUT2D eigenvalue weighted by atomic mass is 10.1. The number of nitrogens with zero attached hydrogens (tertiary/aromatic N) is 1. The fourth-order valence-corrected chi connectivity index (χ4v) is 2.46. The molecule has 2 aromatic carbocycles. The number of rotatable bonds is 1. The fraction of sp³-hybridized carbons (Fsp3) is 0. The molecule has 2 amide bonds. The molecule has 3 rings (SSSR count). The van der Waals surface area contributed by atoms with Gasteiger partial charge in [-0.15, -0.1) is 12.8 Å². The predicted octanol–water partition coefficient (Wildman–Crippen LogP) is 1.61. The van der Waals surface area contributed by atoms with Crippen LogP contribution >= 0.6 is 0 Å². The summed E-state index contributed by atoms with van der Waals surface area (Å²) < 4.78 is 0. The van der Waals surface area contributed by atoms with E-state index < -0.39 is 11.8 Å². The molecule has 0 aliphatic carbocycles. The Morgan fingerprint density at radius 3 is 1.61 bits per heavy atom. The third kappa shape index (κ3) is 2.08. The van der Waals surface area contributed by atoms with Crippen molar-refractivity contribution in [3.8, 4) is 24.7 Å². The Morgan fingerprint density at radius 2 is 1.22 bits per heavy atom. The SMILES string of the molecule is C#Cc1cc(C#C)cc(N2C(=O)c3cc(N)c(N)cc3C2=O)c1. The molecule has 110 valence electrons. The Hall–Kier alpha value is -3.70. The van der Waals surface area contributed by atoms with Crippen LogP contribution < -0.4 is 16.4 Å². The van der Waals surface area contributed by atoms with E-state index in [-0.39, 0.29) is 22.5 Å². The number of terminal acetylenes is 2. The predicted molar refractivity (Wildman–Crippen MR) is 88.7 cm³/mol. The van der Waals surface area contributed by atoms with Crippen molar-refractivity contribution >= 4 is 28.9 Å². The van der Waals surface area contributed by atoms with Crippen LogP contribution in [0.4, 0.5) is 17.1 Å².